The monoisotopic (exact) mass is 358 g/mol. The summed E-state index contributed by atoms with van der Waals surface area (Å²) >= 11 is 0. The molecule has 0 radical (unpaired) electrons. The van der Waals surface area contributed by atoms with Gasteiger partial charge in [-0.25, -0.2) is 18.4 Å². The summed E-state index contributed by atoms with van der Waals surface area (Å²) in [5.74, 6) is -0.135. The average Bonchev–Trinajstić information content (AvgIpc) is 2.37. The SMILES string of the molecule is Cc1nc(S(C)(=O)=O)nc(N)c1-c1ccc(N)c(S(=O)(=O)O)c1. The van der Waals surface area contributed by atoms with Gasteiger partial charge in [0.25, 0.3) is 10.1 Å². The Bertz CT molecular complexity index is 977. The molecule has 0 spiro atoms. The van der Waals surface area contributed by atoms with Gasteiger partial charge in [0.15, 0.2) is 0 Å². The highest BCUT2D eigenvalue weighted by Gasteiger charge is 2.20. The molecule has 0 aliphatic heterocycles. The zero-order valence-electron chi connectivity index (χ0n) is 12.2. The highest BCUT2D eigenvalue weighted by Crippen LogP contribution is 2.31. The molecule has 23 heavy (non-hydrogen) atoms. The largest absolute Gasteiger partial charge is 0.398 e. The van der Waals surface area contributed by atoms with E-state index in [1.165, 1.54) is 19.1 Å². The lowest BCUT2D eigenvalue weighted by Gasteiger charge is -2.11. The van der Waals surface area contributed by atoms with Crippen molar-refractivity contribution in [3.63, 3.8) is 0 Å². The van der Waals surface area contributed by atoms with Crippen LogP contribution < -0.4 is 11.5 Å². The van der Waals surface area contributed by atoms with Crippen LogP contribution >= 0.6 is 0 Å². The minimum absolute atomic E-state index is 0.135. The lowest BCUT2D eigenvalue weighted by atomic mass is 10.0. The second-order valence-corrected chi connectivity index (χ2v) is 8.15. The molecule has 0 fully saturated rings. The van der Waals surface area contributed by atoms with Crippen molar-refractivity contribution in [2.45, 2.75) is 17.0 Å². The number of aryl methyl sites for hydroxylation is 1. The molecule has 0 saturated carbocycles. The summed E-state index contributed by atoms with van der Waals surface area (Å²) in [4.78, 5) is 7.12. The van der Waals surface area contributed by atoms with Gasteiger partial charge in [-0.1, -0.05) is 6.07 Å². The van der Waals surface area contributed by atoms with Gasteiger partial charge in [0.2, 0.25) is 15.0 Å². The van der Waals surface area contributed by atoms with Crippen LogP contribution in [0.4, 0.5) is 11.5 Å². The van der Waals surface area contributed by atoms with Gasteiger partial charge in [0.05, 0.1) is 11.4 Å². The quantitative estimate of drug-likeness (QED) is 0.396. The Balaban J connectivity index is 2.74. The summed E-state index contributed by atoms with van der Waals surface area (Å²) < 4.78 is 54.8. The maximum atomic E-state index is 11.5. The van der Waals surface area contributed by atoms with Gasteiger partial charge >= 0.3 is 0 Å². The lowest BCUT2D eigenvalue weighted by Crippen LogP contribution is -2.10. The van der Waals surface area contributed by atoms with Gasteiger partial charge in [-0.3, -0.25) is 4.55 Å². The number of rotatable bonds is 3. The van der Waals surface area contributed by atoms with Crippen LogP contribution in [0.1, 0.15) is 5.69 Å². The van der Waals surface area contributed by atoms with Gasteiger partial charge in [-0.05, 0) is 24.6 Å². The Hall–Kier alpha value is -2.24. The fourth-order valence-electron chi connectivity index (χ4n) is 2.00. The van der Waals surface area contributed by atoms with Gasteiger partial charge in [0.1, 0.15) is 10.7 Å². The predicted molar refractivity (Wildman–Crippen MR) is 84.0 cm³/mol. The number of aromatic nitrogens is 2. The van der Waals surface area contributed by atoms with E-state index in [4.69, 9.17) is 11.5 Å². The smallest absolute Gasteiger partial charge is 0.296 e. The first-order chi connectivity index (χ1) is 10.4. The second-order valence-electron chi connectivity index (χ2n) is 4.85. The molecule has 0 atom stereocenters. The van der Waals surface area contributed by atoms with Crippen LogP contribution in [0.15, 0.2) is 28.3 Å². The molecule has 5 N–H and O–H groups in total. The van der Waals surface area contributed by atoms with Gasteiger partial charge in [0, 0.05) is 11.8 Å². The average molecular weight is 358 g/mol. The van der Waals surface area contributed by atoms with E-state index >= 15 is 0 Å². The molecule has 0 aliphatic carbocycles. The molecule has 0 amide bonds. The fourth-order valence-corrected chi connectivity index (χ4v) is 3.21. The third kappa shape index (κ3) is 3.41. The number of nitrogens with zero attached hydrogens (tertiary/aromatic N) is 2. The minimum Gasteiger partial charge on any atom is -0.398 e. The maximum absolute atomic E-state index is 11.5. The van der Waals surface area contributed by atoms with E-state index in [0.29, 0.717) is 0 Å². The zero-order chi connectivity index (χ0) is 17.6. The molecule has 1 heterocycles. The van der Waals surface area contributed by atoms with E-state index in [9.17, 15) is 21.4 Å². The summed E-state index contributed by atoms with van der Waals surface area (Å²) in [6.45, 7) is 1.51. The standard InChI is InChI=1S/C12H14N4O5S2/c1-6-10(11(14)16-12(15-6)22(2,17)18)7-3-4-8(13)9(5-7)23(19,20)21/h3-5H,13H2,1-2H3,(H2,14,15,16)(H,19,20,21). The molecule has 2 aromatic rings. The van der Waals surface area contributed by atoms with Crippen molar-refractivity contribution in [2.75, 3.05) is 17.7 Å². The molecule has 0 unspecified atom stereocenters. The van der Waals surface area contributed by atoms with Gasteiger partial charge in [-0.15, -0.1) is 0 Å². The molecule has 124 valence electrons. The third-order valence-electron chi connectivity index (χ3n) is 3.01. The number of hydrogen-bond donors (Lipinski definition) is 3. The van der Waals surface area contributed by atoms with Crippen molar-refractivity contribution in [1.82, 2.24) is 9.97 Å². The van der Waals surface area contributed by atoms with Crippen LogP contribution in [0, 0.1) is 6.92 Å². The second kappa shape index (κ2) is 5.44. The van der Waals surface area contributed by atoms with Crippen LogP contribution in [0.25, 0.3) is 11.1 Å². The summed E-state index contributed by atoms with van der Waals surface area (Å²) in [6, 6.07) is 3.86. The van der Waals surface area contributed by atoms with Crippen molar-refractivity contribution in [2.24, 2.45) is 0 Å². The van der Waals surface area contributed by atoms with Crippen molar-refractivity contribution in [1.29, 1.82) is 0 Å². The first-order valence-corrected chi connectivity index (χ1v) is 9.46. The Labute approximate surface area is 133 Å². The van der Waals surface area contributed by atoms with Crippen LogP contribution in [0.5, 0.6) is 0 Å². The maximum Gasteiger partial charge on any atom is 0.296 e. The Morgan fingerprint density at radius 3 is 2.17 bits per heavy atom. The molecule has 2 rings (SSSR count). The van der Waals surface area contributed by atoms with Crippen molar-refractivity contribution in [3.8, 4) is 11.1 Å². The van der Waals surface area contributed by atoms with Gasteiger partial charge < -0.3 is 11.5 Å². The topological polar surface area (TPSA) is 166 Å². The summed E-state index contributed by atoms with van der Waals surface area (Å²) in [6.07, 6.45) is 0.945. The number of nitrogen functional groups attached to an aromatic ring is 2. The first-order valence-electron chi connectivity index (χ1n) is 6.13. The van der Waals surface area contributed by atoms with E-state index in [1.807, 2.05) is 0 Å². The molecule has 1 aromatic carbocycles. The van der Waals surface area contributed by atoms with Crippen molar-refractivity contribution >= 4 is 31.5 Å². The summed E-state index contributed by atoms with van der Waals surface area (Å²) in [7, 11) is -8.17. The summed E-state index contributed by atoms with van der Waals surface area (Å²) in [5, 5.41) is -0.429. The molecule has 11 heteroatoms. The highest BCUT2D eigenvalue weighted by molar-refractivity contribution is 7.90. The molecular formula is C12H14N4O5S2. The van der Waals surface area contributed by atoms with E-state index in [1.54, 1.807) is 0 Å². The van der Waals surface area contributed by atoms with E-state index < -0.39 is 30.0 Å². The Morgan fingerprint density at radius 1 is 1.09 bits per heavy atom. The summed E-state index contributed by atoms with van der Waals surface area (Å²) in [5.41, 5.74) is 12.0. The Kier molecular flexibility index (Phi) is 4.05. The molecule has 0 aliphatic rings. The first kappa shape index (κ1) is 17.1. The highest BCUT2D eigenvalue weighted by atomic mass is 32.2. The van der Waals surface area contributed by atoms with Crippen LogP contribution in [-0.2, 0) is 20.0 Å². The third-order valence-corrected chi connectivity index (χ3v) is 4.76. The molecule has 0 bridgehead atoms. The Morgan fingerprint density at radius 2 is 1.70 bits per heavy atom. The van der Waals surface area contributed by atoms with Crippen LogP contribution in [-0.4, -0.2) is 37.6 Å². The van der Waals surface area contributed by atoms with Crippen molar-refractivity contribution in [3.05, 3.63) is 23.9 Å². The molecule has 0 saturated heterocycles. The van der Waals surface area contributed by atoms with Crippen LogP contribution in [0.2, 0.25) is 0 Å². The fraction of sp³-hybridized carbons (Fsp3) is 0.167. The van der Waals surface area contributed by atoms with E-state index in [0.717, 1.165) is 12.3 Å². The number of nitrogens with two attached hydrogens (primary N) is 2. The van der Waals surface area contributed by atoms with Crippen LogP contribution in [0.3, 0.4) is 0 Å². The molecule has 9 nitrogen and oxygen atoms in total. The number of sulfone groups is 1. The predicted octanol–water partition coefficient (Wildman–Crippen LogP) is 0.267. The molecule has 1 aromatic heterocycles. The number of anilines is 2. The van der Waals surface area contributed by atoms with Crippen molar-refractivity contribution < 1.29 is 21.4 Å². The molecular weight excluding hydrogens is 344 g/mol. The van der Waals surface area contributed by atoms with Gasteiger partial charge in [-0.2, -0.15) is 8.42 Å². The number of hydrogen-bond acceptors (Lipinski definition) is 8. The van der Waals surface area contributed by atoms with E-state index in [-0.39, 0.29) is 28.3 Å². The normalized spacial score (nSPS) is 12.3. The number of benzene rings is 1. The lowest BCUT2D eigenvalue weighted by molar-refractivity contribution is 0.483. The van der Waals surface area contributed by atoms with E-state index in [2.05, 4.69) is 9.97 Å². The zero-order valence-corrected chi connectivity index (χ0v) is 13.8. The minimum atomic E-state index is -4.52.